The Morgan fingerprint density at radius 2 is 1.61 bits per heavy atom. The molecule has 1 aromatic heterocycles. The van der Waals surface area contributed by atoms with Gasteiger partial charge in [-0.2, -0.15) is 15.0 Å². The average Bonchev–Trinajstić information content (AvgIpc) is 2.93. The van der Waals surface area contributed by atoms with E-state index >= 15 is 0 Å². The summed E-state index contributed by atoms with van der Waals surface area (Å²) in [6.07, 6.45) is 0.154. The first-order chi connectivity index (χ1) is 18.4. The smallest absolute Gasteiger partial charge is 0.326 e. The van der Waals surface area contributed by atoms with Gasteiger partial charge in [0.1, 0.15) is 11.8 Å². The standard InChI is InChI=1S/C28H28ClN5O4/c1-19(22-10-6-3-7-11-22)34(17-21-8-4-2-5-9-21)28-32-26(29)31-27(33-28)30-24(25(36)37)16-20-12-14-23(15-13-20)38-18-35/h2-15,19,24,35H,16-18H2,1H3,(H,36,37)(H,30,31,32,33). The van der Waals surface area contributed by atoms with Crippen LogP contribution in [-0.4, -0.2) is 44.0 Å². The molecule has 3 aromatic carbocycles. The molecule has 2 unspecified atom stereocenters. The summed E-state index contributed by atoms with van der Waals surface area (Å²) in [6, 6.07) is 25.5. The van der Waals surface area contributed by atoms with Crippen molar-refractivity contribution in [3.05, 3.63) is 107 Å². The first-order valence-electron chi connectivity index (χ1n) is 12.0. The van der Waals surface area contributed by atoms with Crippen LogP contribution in [0.5, 0.6) is 5.75 Å². The molecule has 0 spiro atoms. The number of aliphatic hydroxyl groups excluding tert-OH is 1. The Balaban J connectivity index is 1.61. The number of rotatable bonds is 12. The molecule has 4 rings (SSSR count). The first kappa shape index (κ1) is 26.8. The Labute approximate surface area is 225 Å². The third kappa shape index (κ3) is 7.18. The lowest BCUT2D eigenvalue weighted by Gasteiger charge is -2.30. The Morgan fingerprint density at radius 3 is 2.24 bits per heavy atom. The molecule has 3 N–H and O–H groups in total. The van der Waals surface area contributed by atoms with Gasteiger partial charge in [0.05, 0.1) is 6.04 Å². The number of aliphatic hydroxyl groups is 1. The number of aromatic nitrogens is 3. The molecule has 1 heterocycles. The minimum atomic E-state index is -1.07. The van der Waals surface area contributed by atoms with E-state index in [0.717, 1.165) is 16.7 Å². The number of halogens is 1. The normalized spacial score (nSPS) is 12.4. The fraction of sp³-hybridized carbons (Fsp3) is 0.214. The summed E-state index contributed by atoms with van der Waals surface area (Å²) < 4.78 is 5.03. The maximum Gasteiger partial charge on any atom is 0.326 e. The summed E-state index contributed by atoms with van der Waals surface area (Å²) >= 11 is 6.31. The van der Waals surface area contributed by atoms with Crippen LogP contribution in [0.25, 0.3) is 0 Å². The molecule has 0 aliphatic heterocycles. The van der Waals surface area contributed by atoms with E-state index in [1.54, 1.807) is 24.3 Å². The van der Waals surface area contributed by atoms with Gasteiger partial charge in [0.15, 0.2) is 6.79 Å². The topological polar surface area (TPSA) is 121 Å². The van der Waals surface area contributed by atoms with Crippen LogP contribution in [0, 0.1) is 0 Å². The molecule has 38 heavy (non-hydrogen) atoms. The Kier molecular flexibility index (Phi) is 9.07. The van der Waals surface area contributed by atoms with Crippen LogP contribution in [0.15, 0.2) is 84.9 Å². The second-order valence-electron chi connectivity index (χ2n) is 8.58. The summed E-state index contributed by atoms with van der Waals surface area (Å²) in [5.74, 6) is -0.207. The Bertz CT molecular complexity index is 1330. The van der Waals surface area contributed by atoms with Crippen molar-refractivity contribution in [3.63, 3.8) is 0 Å². The number of hydrogen-bond acceptors (Lipinski definition) is 8. The molecule has 196 valence electrons. The lowest BCUT2D eigenvalue weighted by molar-refractivity contribution is -0.137. The maximum atomic E-state index is 12.1. The highest BCUT2D eigenvalue weighted by atomic mass is 35.5. The maximum absolute atomic E-state index is 12.1. The molecule has 2 atom stereocenters. The number of nitrogens with zero attached hydrogens (tertiary/aromatic N) is 4. The van der Waals surface area contributed by atoms with Crippen LogP contribution < -0.4 is 15.0 Å². The molecule has 0 amide bonds. The van der Waals surface area contributed by atoms with E-state index in [2.05, 4.69) is 20.3 Å². The average molecular weight is 534 g/mol. The van der Waals surface area contributed by atoms with Crippen molar-refractivity contribution in [2.24, 2.45) is 0 Å². The molecular weight excluding hydrogens is 506 g/mol. The molecule has 0 aliphatic rings. The van der Waals surface area contributed by atoms with E-state index in [9.17, 15) is 9.90 Å². The predicted octanol–water partition coefficient (Wildman–Crippen LogP) is 4.73. The zero-order valence-corrected chi connectivity index (χ0v) is 21.5. The van der Waals surface area contributed by atoms with Crippen LogP contribution in [0.4, 0.5) is 11.9 Å². The number of carbonyl (C=O) groups is 1. The fourth-order valence-electron chi connectivity index (χ4n) is 3.99. The van der Waals surface area contributed by atoms with Crippen LogP contribution in [0.3, 0.4) is 0 Å². The minimum Gasteiger partial charge on any atom is -0.480 e. The van der Waals surface area contributed by atoms with Crippen molar-refractivity contribution in [1.29, 1.82) is 0 Å². The largest absolute Gasteiger partial charge is 0.480 e. The predicted molar refractivity (Wildman–Crippen MR) is 145 cm³/mol. The van der Waals surface area contributed by atoms with E-state index in [0.29, 0.717) is 18.2 Å². The summed E-state index contributed by atoms with van der Waals surface area (Å²) in [4.78, 5) is 27.2. The molecule has 0 bridgehead atoms. The number of hydrogen-bond donors (Lipinski definition) is 3. The third-order valence-electron chi connectivity index (χ3n) is 5.99. The van der Waals surface area contributed by atoms with Crippen LogP contribution in [-0.2, 0) is 17.8 Å². The number of nitrogens with one attached hydrogen (secondary N) is 1. The van der Waals surface area contributed by atoms with Gasteiger partial charge in [0.2, 0.25) is 17.2 Å². The summed E-state index contributed by atoms with van der Waals surface area (Å²) in [6.45, 7) is 2.11. The third-order valence-corrected chi connectivity index (χ3v) is 6.16. The molecule has 10 heteroatoms. The Hall–Kier alpha value is -4.21. The van der Waals surface area contributed by atoms with Crippen LogP contribution in [0.2, 0.25) is 5.28 Å². The van der Waals surface area contributed by atoms with Crippen LogP contribution >= 0.6 is 11.6 Å². The summed E-state index contributed by atoms with van der Waals surface area (Å²) in [5, 5.41) is 21.6. The van der Waals surface area contributed by atoms with Gasteiger partial charge in [-0.15, -0.1) is 0 Å². The zero-order valence-electron chi connectivity index (χ0n) is 20.7. The van der Waals surface area contributed by atoms with E-state index in [1.165, 1.54) is 0 Å². The molecule has 4 aromatic rings. The minimum absolute atomic E-state index is 0.0505. The second-order valence-corrected chi connectivity index (χ2v) is 8.92. The van der Waals surface area contributed by atoms with Crippen LogP contribution in [0.1, 0.15) is 29.7 Å². The number of carboxylic acid groups (broad SMARTS) is 1. The zero-order chi connectivity index (χ0) is 26.9. The van der Waals surface area contributed by atoms with Gasteiger partial charge in [-0.1, -0.05) is 72.8 Å². The van der Waals surface area contributed by atoms with E-state index in [-0.39, 0.29) is 23.7 Å². The molecule has 0 saturated carbocycles. The quantitative estimate of drug-likeness (QED) is 0.222. The summed E-state index contributed by atoms with van der Waals surface area (Å²) in [5.41, 5.74) is 2.86. The van der Waals surface area contributed by atoms with Crippen molar-refractivity contribution in [2.75, 3.05) is 17.0 Å². The molecule has 0 fully saturated rings. The summed E-state index contributed by atoms with van der Waals surface area (Å²) in [7, 11) is 0. The molecule has 0 radical (unpaired) electrons. The van der Waals surface area contributed by atoms with Crippen molar-refractivity contribution < 1.29 is 19.7 Å². The first-order valence-corrected chi connectivity index (χ1v) is 12.4. The van der Waals surface area contributed by atoms with E-state index in [1.807, 2.05) is 72.5 Å². The Morgan fingerprint density at radius 1 is 0.947 bits per heavy atom. The lowest BCUT2D eigenvalue weighted by Crippen LogP contribution is -2.33. The van der Waals surface area contributed by atoms with Crippen molar-refractivity contribution in [1.82, 2.24) is 15.0 Å². The van der Waals surface area contributed by atoms with Gasteiger partial charge in [-0.05, 0) is 47.3 Å². The molecule has 9 nitrogen and oxygen atoms in total. The molecular formula is C28H28ClN5O4. The highest BCUT2D eigenvalue weighted by molar-refractivity contribution is 6.28. The van der Waals surface area contributed by atoms with Crippen molar-refractivity contribution >= 4 is 29.5 Å². The van der Waals surface area contributed by atoms with Crippen molar-refractivity contribution in [3.8, 4) is 5.75 Å². The number of anilines is 2. The van der Waals surface area contributed by atoms with Gasteiger partial charge in [0, 0.05) is 13.0 Å². The lowest BCUT2D eigenvalue weighted by atomic mass is 10.1. The molecule has 0 saturated heterocycles. The number of carboxylic acids is 1. The van der Waals surface area contributed by atoms with Gasteiger partial charge in [0.25, 0.3) is 0 Å². The highest BCUT2D eigenvalue weighted by Gasteiger charge is 2.24. The van der Waals surface area contributed by atoms with E-state index < -0.39 is 18.8 Å². The number of benzene rings is 3. The van der Waals surface area contributed by atoms with Gasteiger partial charge in [-0.3, -0.25) is 0 Å². The van der Waals surface area contributed by atoms with Gasteiger partial charge >= 0.3 is 5.97 Å². The monoisotopic (exact) mass is 533 g/mol. The number of ether oxygens (including phenoxy) is 1. The number of aliphatic carboxylic acids is 1. The van der Waals surface area contributed by atoms with E-state index in [4.69, 9.17) is 21.4 Å². The SMILES string of the molecule is CC(c1ccccc1)N(Cc1ccccc1)c1nc(Cl)nc(NC(Cc2ccc(OCO)cc2)C(=O)O)n1. The highest BCUT2D eigenvalue weighted by Crippen LogP contribution is 2.28. The van der Waals surface area contributed by atoms with Gasteiger partial charge < -0.3 is 25.2 Å². The van der Waals surface area contributed by atoms with Crippen molar-refractivity contribution in [2.45, 2.75) is 32.0 Å². The van der Waals surface area contributed by atoms with Gasteiger partial charge in [-0.25, -0.2) is 4.79 Å². The molecule has 0 aliphatic carbocycles. The second kappa shape index (κ2) is 12.8. The fourth-order valence-corrected chi connectivity index (χ4v) is 4.15.